The summed E-state index contributed by atoms with van der Waals surface area (Å²) in [5.41, 5.74) is 0.231. The van der Waals surface area contributed by atoms with Crippen LogP contribution in [-0.2, 0) is 4.84 Å². The molecule has 0 fully saturated rings. The maximum absolute atomic E-state index is 10.9. The average molecular weight is 206 g/mol. The van der Waals surface area contributed by atoms with Crippen LogP contribution in [0.15, 0.2) is 18.2 Å². The van der Waals surface area contributed by atoms with E-state index in [2.05, 4.69) is 10.7 Å². The summed E-state index contributed by atoms with van der Waals surface area (Å²) in [5, 5.41) is 0.728. The Labute approximate surface area is 79.0 Å². The fourth-order valence-corrected chi connectivity index (χ4v) is 1.27. The largest absolute Gasteiger partial charge is 0.370 e. The summed E-state index contributed by atoms with van der Waals surface area (Å²) in [6.07, 6.45) is 0. The van der Waals surface area contributed by atoms with Crippen LogP contribution in [0.4, 0.5) is 0 Å². The standard InChI is InChI=1S/C7H5Cl2NO2/c8-5-1-4(7(11)12-10)2-6(9)3-5/h1-3H,10H2. The molecular formula is C7H5Cl2NO2. The van der Waals surface area contributed by atoms with Gasteiger partial charge in [-0.15, -0.1) is 0 Å². The molecule has 0 aliphatic heterocycles. The molecule has 2 N–H and O–H groups in total. The van der Waals surface area contributed by atoms with Crippen LogP contribution in [0.3, 0.4) is 0 Å². The molecule has 0 bridgehead atoms. The molecule has 0 radical (unpaired) electrons. The van der Waals surface area contributed by atoms with Crippen LogP contribution < -0.4 is 5.90 Å². The first kappa shape index (κ1) is 9.32. The van der Waals surface area contributed by atoms with Gasteiger partial charge in [0.25, 0.3) is 0 Å². The second-order valence-electron chi connectivity index (χ2n) is 2.06. The minimum Gasteiger partial charge on any atom is -0.370 e. The highest BCUT2D eigenvalue weighted by Crippen LogP contribution is 2.19. The third-order valence-electron chi connectivity index (χ3n) is 1.21. The molecule has 0 heterocycles. The second kappa shape index (κ2) is 3.76. The monoisotopic (exact) mass is 205 g/mol. The van der Waals surface area contributed by atoms with Crippen molar-refractivity contribution in [3.8, 4) is 0 Å². The zero-order valence-corrected chi connectivity index (χ0v) is 7.39. The lowest BCUT2D eigenvalue weighted by atomic mass is 10.2. The first-order valence-electron chi connectivity index (χ1n) is 3.00. The topological polar surface area (TPSA) is 52.3 Å². The van der Waals surface area contributed by atoms with Crippen LogP contribution in [0, 0.1) is 0 Å². The van der Waals surface area contributed by atoms with Crippen molar-refractivity contribution in [3.05, 3.63) is 33.8 Å². The van der Waals surface area contributed by atoms with E-state index in [4.69, 9.17) is 23.2 Å². The second-order valence-corrected chi connectivity index (χ2v) is 2.94. The molecule has 1 rings (SSSR count). The van der Waals surface area contributed by atoms with E-state index < -0.39 is 5.97 Å². The van der Waals surface area contributed by atoms with Gasteiger partial charge in [-0.1, -0.05) is 23.2 Å². The van der Waals surface area contributed by atoms with Crippen LogP contribution in [0.25, 0.3) is 0 Å². The van der Waals surface area contributed by atoms with Crippen molar-refractivity contribution in [2.75, 3.05) is 0 Å². The molecule has 0 aliphatic rings. The van der Waals surface area contributed by atoms with Gasteiger partial charge in [-0.3, -0.25) is 0 Å². The Hall–Kier alpha value is -0.770. The number of rotatable bonds is 1. The summed E-state index contributed by atoms with van der Waals surface area (Å²) < 4.78 is 0. The Morgan fingerprint density at radius 3 is 2.17 bits per heavy atom. The van der Waals surface area contributed by atoms with Crippen molar-refractivity contribution in [1.29, 1.82) is 0 Å². The fourth-order valence-electron chi connectivity index (χ4n) is 0.740. The van der Waals surface area contributed by atoms with Gasteiger partial charge in [0.1, 0.15) is 0 Å². The van der Waals surface area contributed by atoms with E-state index in [0.717, 1.165) is 0 Å². The third-order valence-corrected chi connectivity index (χ3v) is 1.64. The van der Waals surface area contributed by atoms with Gasteiger partial charge in [-0.2, -0.15) is 5.90 Å². The van der Waals surface area contributed by atoms with E-state index in [1.165, 1.54) is 18.2 Å². The van der Waals surface area contributed by atoms with E-state index in [-0.39, 0.29) is 5.56 Å². The zero-order valence-electron chi connectivity index (χ0n) is 5.88. The fraction of sp³-hybridized carbons (Fsp3) is 0. The molecular weight excluding hydrogens is 201 g/mol. The van der Waals surface area contributed by atoms with Gasteiger partial charge in [0.15, 0.2) is 0 Å². The number of halogens is 2. The van der Waals surface area contributed by atoms with Gasteiger partial charge >= 0.3 is 5.97 Å². The Bertz CT molecular complexity index is 294. The lowest BCUT2D eigenvalue weighted by molar-refractivity contribution is 0.0503. The molecule has 0 atom stereocenters. The molecule has 12 heavy (non-hydrogen) atoms. The summed E-state index contributed by atoms with van der Waals surface area (Å²) in [6, 6.07) is 4.35. The number of hydrogen-bond donors (Lipinski definition) is 1. The van der Waals surface area contributed by atoms with Gasteiger partial charge in [-0.05, 0) is 18.2 Å². The lowest BCUT2D eigenvalue weighted by Crippen LogP contribution is -2.09. The van der Waals surface area contributed by atoms with E-state index in [1.54, 1.807) is 0 Å². The Balaban J connectivity index is 3.08. The smallest absolute Gasteiger partial charge is 0.356 e. The zero-order chi connectivity index (χ0) is 9.14. The van der Waals surface area contributed by atoms with Crippen LogP contribution in [0.1, 0.15) is 10.4 Å². The maximum Gasteiger partial charge on any atom is 0.356 e. The molecule has 0 amide bonds. The SMILES string of the molecule is NOC(=O)c1cc(Cl)cc(Cl)c1. The van der Waals surface area contributed by atoms with Crippen molar-refractivity contribution >= 4 is 29.2 Å². The molecule has 0 aliphatic carbocycles. The summed E-state index contributed by atoms with van der Waals surface area (Å²) in [7, 11) is 0. The summed E-state index contributed by atoms with van der Waals surface area (Å²) in [4.78, 5) is 14.8. The average Bonchev–Trinajstić information content (AvgIpc) is 2.01. The quantitative estimate of drug-likeness (QED) is 0.715. The van der Waals surface area contributed by atoms with E-state index in [0.29, 0.717) is 10.0 Å². The number of carbonyl (C=O) groups is 1. The molecule has 1 aromatic carbocycles. The Morgan fingerprint density at radius 2 is 1.75 bits per heavy atom. The molecule has 3 nitrogen and oxygen atoms in total. The minimum atomic E-state index is -0.667. The normalized spacial score (nSPS) is 9.58. The molecule has 0 spiro atoms. The van der Waals surface area contributed by atoms with Gasteiger partial charge in [-0.25, -0.2) is 4.79 Å². The molecule has 0 aromatic heterocycles. The molecule has 0 saturated carbocycles. The summed E-state index contributed by atoms with van der Waals surface area (Å²) >= 11 is 11.2. The van der Waals surface area contributed by atoms with E-state index in [1.807, 2.05) is 0 Å². The highest BCUT2D eigenvalue weighted by atomic mass is 35.5. The van der Waals surface area contributed by atoms with E-state index >= 15 is 0 Å². The Morgan fingerprint density at radius 1 is 1.25 bits per heavy atom. The van der Waals surface area contributed by atoms with Crippen molar-refractivity contribution < 1.29 is 9.63 Å². The van der Waals surface area contributed by atoms with Crippen molar-refractivity contribution in [1.82, 2.24) is 0 Å². The number of carbonyl (C=O) groups excluding carboxylic acids is 1. The molecule has 64 valence electrons. The predicted molar refractivity (Wildman–Crippen MR) is 46.1 cm³/mol. The Kier molecular flexibility index (Phi) is 2.92. The highest BCUT2D eigenvalue weighted by Gasteiger charge is 2.07. The van der Waals surface area contributed by atoms with Gasteiger partial charge in [0, 0.05) is 10.0 Å². The van der Waals surface area contributed by atoms with Crippen molar-refractivity contribution in [2.45, 2.75) is 0 Å². The maximum atomic E-state index is 10.9. The third kappa shape index (κ3) is 2.11. The molecule has 0 saturated heterocycles. The number of hydrogen-bond acceptors (Lipinski definition) is 3. The van der Waals surface area contributed by atoms with Crippen LogP contribution in [-0.4, -0.2) is 5.97 Å². The summed E-state index contributed by atoms with van der Waals surface area (Å²) in [6.45, 7) is 0. The lowest BCUT2D eigenvalue weighted by Gasteiger charge is -1.99. The van der Waals surface area contributed by atoms with E-state index in [9.17, 15) is 4.79 Å². The number of nitrogens with two attached hydrogens (primary N) is 1. The minimum absolute atomic E-state index is 0.231. The first-order chi connectivity index (χ1) is 5.63. The molecule has 5 heteroatoms. The highest BCUT2D eigenvalue weighted by molar-refractivity contribution is 6.35. The molecule has 1 aromatic rings. The summed E-state index contributed by atoms with van der Waals surface area (Å²) in [5.74, 6) is 4.00. The van der Waals surface area contributed by atoms with Gasteiger partial charge in [0.2, 0.25) is 0 Å². The van der Waals surface area contributed by atoms with Crippen LogP contribution in [0.5, 0.6) is 0 Å². The number of benzene rings is 1. The van der Waals surface area contributed by atoms with Crippen molar-refractivity contribution in [2.24, 2.45) is 5.90 Å². The molecule has 0 unspecified atom stereocenters. The van der Waals surface area contributed by atoms with Gasteiger partial charge < -0.3 is 4.84 Å². The first-order valence-corrected chi connectivity index (χ1v) is 3.76. The van der Waals surface area contributed by atoms with Crippen molar-refractivity contribution in [3.63, 3.8) is 0 Å². The van der Waals surface area contributed by atoms with Crippen LogP contribution >= 0.6 is 23.2 Å². The van der Waals surface area contributed by atoms with Gasteiger partial charge in [0.05, 0.1) is 5.56 Å². The predicted octanol–water partition coefficient (Wildman–Crippen LogP) is 2.02. The van der Waals surface area contributed by atoms with Crippen LogP contribution in [0.2, 0.25) is 10.0 Å².